The van der Waals surface area contributed by atoms with Crippen LogP contribution in [0.3, 0.4) is 0 Å². The van der Waals surface area contributed by atoms with Crippen molar-refractivity contribution in [2.24, 2.45) is 5.73 Å². The predicted octanol–water partition coefficient (Wildman–Crippen LogP) is 3.96. The Morgan fingerprint density at radius 2 is 1.56 bits per heavy atom. The van der Waals surface area contributed by atoms with Crippen molar-refractivity contribution < 1.29 is 35.9 Å². The van der Waals surface area contributed by atoms with Crippen molar-refractivity contribution in [3.63, 3.8) is 0 Å². The molecule has 2 aromatic carbocycles. The molecule has 0 unspecified atom stereocenters. The van der Waals surface area contributed by atoms with Gasteiger partial charge in [-0.1, -0.05) is 18.2 Å². The number of rotatable bonds is 6. The molecule has 4 N–H and O–H groups in total. The van der Waals surface area contributed by atoms with Gasteiger partial charge in [0, 0.05) is 23.5 Å². The molecule has 1 atom stereocenters. The number of para-hydroxylation sites is 1. The SMILES string of the molecule is NC(=O)[C@H](Cc1c[nH]c2ccccc12)NC(=O)Cc1cc(C(F)(F)F)cc(C(F)(F)F)c1. The van der Waals surface area contributed by atoms with E-state index in [1.54, 1.807) is 30.5 Å². The van der Waals surface area contributed by atoms with Crippen LogP contribution in [-0.2, 0) is 34.8 Å². The Balaban J connectivity index is 1.80. The molecule has 0 radical (unpaired) electrons. The number of amides is 2. The van der Waals surface area contributed by atoms with Gasteiger partial charge in [-0.15, -0.1) is 0 Å². The smallest absolute Gasteiger partial charge is 0.368 e. The molecule has 3 rings (SSSR count). The van der Waals surface area contributed by atoms with Gasteiger partial charge in [0.1, 0.15) is 6.04 Å². The molecule has 1 heterocycles. The Morgan fingerprint density at radius 3 is 2.12 bits per heavy atom. The fraction of sp³-hybridized carbons (Fsp3) is 0.238. The lowest BCUT2D eigenvalue weighted by molar-refractivity contribution is -0.143. The molecular formula is C21H17F6N3O2. The van der Waals surface area contributed by atoms with Gasteiger partial charge in [-0.3, -0.25) is 9.59 Å². The minimum Gasteiger partial charge on any atom is -0.368 e. The van der Waals surface area contributed by atoms with E-state index in [1.165, 1.54) is 0 Å². The summed E-state index contributed by atoms with van der Waals surface area (Å²) < 4.78 is 78.0. The number of nitrogens with two attached hydrogens (primary N) is 1. The van der Waals surface area contributed by atoms with E-state index in [1.807, 2.05) is 0 Å². The third-order valence-electron chi connectivity index (χ3n) is 4.79. The van der Waals surface area contributed by atoms with Crippen molar-refractivity contribution in [2.45, 2.75) is 31.2 Å². The fourth-order valence-corrected chi connectivity index (χ4v) is 3.30. The Hall–Kier alpha value is -3.50. The van der Waals surface area contributed by atoms with E-state index in [0.29, 0.717) is 17.7 Å². The van der Waals surface area contributed by atoms with Gasteiger partial charge in [0.2, 0.25) is 11.8 Å². The van der Waals surface area contributed by atoms with Crippen LogP contribution in [0, 0.1) is 0 Å². The number of primary amides is 1. The molecule has 0 spiro atoms. The molecule has 32 heavy (non-hydrogen) atoms. The molecule has 1 aromatic heterocycles. The van der Waals surface area contributed by atoms with Crippen LogP contribution < -0.4 is 11.1 Å². The first-order chi connectivity index (χ1) is 14.8. The zero-order valence-electron chi connectivity index (χ0n) is 16.3. The first kappa shape index (κ1) is 23.2. The maximum Gasteiger partial charge on any atom is 0.416 e. The van der Waals surface area contributed by atoms with Crippen molar-refractivity contribution in [1.82, 2.24) is 10.3 Å². The van der Waals surface area contributed by atoms with Gasteiger partial charge >= 0.3 is 12.4 Å². The lowest BCUT2D eigenvalue weighted by atomic mass is 10.0. The highest BCUT2D eigenvalue weighted by molar-refractivity contribution is 5.89. The first-order valence-corrected chi connectivity index (χ1v) is 9.26. The van der Waals surface area contributed by atoms with Crippen LogP contribution in [0.2, 0.25) is 0 Å². The van der Waals surface area contributed by atoms with E-state index < -0.39 is 53.3 Å². The summed E-state index contributed by atoms with van der Waals surface area (Å²) in [5.74, 6) is -1.84. The second-order valence-electron chi connectivity index (χ2n) is 7.18. The van der Waals surface area contributed by atoms with Gasteiger partial charge in [0.25, 0.3) is 0 Å². The second-order valence-corrected chi connectivity index (χ2v) is 7.18. The molecule has 2 amide bonds. The minimum absolute atomic E-state index is 0.0124. The molecule has 0 aliphatic rings. The van der Waals surface area contributed by atoms with E-state index in [2.05, 4.69) is 10.3 Å². The van der Waals surface area contributed by atoms with Crippen molar-refractivity contribution in [2.75, 3.05) is 0 Å². The Kier molecular flexibility index (Phi) is 6.20. The predicted molar refractivity (Wildman–Crippen MR) is 103 cm³/mol. The molecule has 3 aromatic rings. The van der Waals surface area contributed by atoms with Crippen LogP contribution in [0.5, 0.6) is 0 Å². The topological polar surface area (TPSA) is 88.0 Å². The van der Waals surface area contributed by atoms with Crippen molar-refractivity contribution in [3.8, 4) is 0 Å². The third-order valence-corrected chi connectivity index (χ3v) is 4.79. The molecule has 0 saturated heterocycles. The van der Waals surface area contributed by atoms with Crippen LogP contribution >= 0.6 is 0 Å². The van der Waals surface area contributed by atoms with Crippen LogP contribution in [0.25, 0.3) is 10.9 Å². The van der Waals surface area contributed by atoms with Crippen molar-refractivity contribution >= 4 is 22.7 Å². The Labute approximate surface area is 177 Å². The van der Waals surface area contributed by atoms with Gasteiger partial charge in [-0.25, -0.2) is 0 Å². The number of hydrogen-bond donors (Lipinski definition) is 3. The number of alkyl halides is 6. The van der Waals surface area contributed by atoms with E-state index in [-0.39, 0.29) is 12.5 Å². The summed E-state index contributed by atoms with van der Waals surface area (Å²) in [7, 11) is 0. The van der Waals surface area contributed by atoms with Crippen LogP contribution in [-0.4, -0.2) is 22.8 Å². The number of nitrogens with one attached hydrogen (secondary N) is 2. The highest BCUT2D eigenvalue weighted by atomic mass is 19.4. The normalized spacial score (nSPS) is 13.2. The molecule has 170 valence electrons. The maximum atomic E-state index is 13.0. The quantitative estimate of drug-likeness (QED) is 0.490. The number of H-pyrrole nitrogens is 1. The summed E-state index contributed by atoms with van der Waals surface area (Å²) in [6.45, 7) is 0. The Morgan fingerprint density at radius 1 is 0.969 bits per heavy atom. The molecule has 0 aliphatic carbocycles. The molecule has 0 aliphatic heterocycles. The third kappa shape index (κ3) is 5.40. The zero-order valence-corrected chi connectivity index (χ0v) is 16.3. The number of fused-ring (bicyclic) bond motifs is 1. The van der Waals surface area contributed by atoms with Gasteiger partial charge in [-0.2, -0.15) is 26.3 Å². The van der Waals surface area contributed by atoms with Crippen LogP contribution in [0.1, 0.15) is 22.3 Å². The summed E-state index contributed by atoms with van der Waals surface area (Å²) in [5.41, 5.74) is 3.22. The van der Waals surface area contributed by atoms with E-state index >= 15 is 0 Å². The molecule has 5 nitrogen and oxygen atoms in total. The Bertz CT molecular complexity index is 1120. The van der Waals surface area contributed by atoms with Gasteiger partial charge in [-0.05, 0) is 35.4 Å². The maximum absolute atomic E-state index is 13.0. The molecule has 0 fully saturated rings. The number of hydrogen-bond acceptors (Lipinski definition) is 2. The van der Waals surface area contributed by atoms with Crippen molar-refractivity contribution in [3.05, 3.63) is 70.9 Å². The first-order valence-electron chi connectivity index (χ1n) is 9.26. The molecule has 0 bridgehead atoms. The second kappa shape index (κ2) is 8.56. The summed E-state index contributed by atoms with van der Waals surface area (Å²) >= 11 is 0. The van der Waals surface area contributed by atoms with E-state index in [0.717, 1.165) is 10.9 Å². The van der Waals surface area contributed by atoms with Gasteiger partial charge in [0.15, 0.2) is 0 Å². The van der Waals surface area contributed by atoms with Crippen LogP contribution in [0.4, 0.5) is 26.3 Å². The summed E-state index contributed by atoms with van der Waals surface area (Å²) in [4.78, 5) is 27.2. The number of aromatic nitrogens is 1. The van der Waals surface area contributed by atoms with E-state index in [4.69, 9.17) is 5.73 Å². The summed E-state index contributed by atoms with van der Waals surface area (Å²) in [5, 5.41) is 3.07. The number of benzene rings is 2. The highest BCUT2D eigenvalue weighted by Gasteiger charge is 2.37. The largest absolute Gasteiger partial charge is 0.416 e. The minimum atomic E-state index is -5.03. The molecule has 11 heteroatoms. The fourth-order valence-electron chi connectivity index (χ4n) is 3.30. The lowest BCUT2D eigenvalue weighted by Crippen LogP contribution is -2.46. The monoisotopic (exact) mass is 457 g/mol. The standard InChI is InChI=1S/C21H17F6N3O2/c22-20(23,24)13-5-11(6-14(9-13)21(25,26)27)7-18(31)30-17(19(28)32)8-12-10-29-16-4-2-1-3-15(12)16/h1-6,9-10,17,29H,7-8H2,(H2,28,32)(H,30,31)/t17-/m0/s1. The van der Waals surface area contributed by atoms with Crippen molar-refractivity contribution in [1.29, 1.82) is 0 Å². The van der Waals surface area contributed by atoms with E-state index in [9.17, 15) is 35.9 Å². The van der Waals surface area contributed by atoms with Gasteiger partial charge in [0.05, 0.1) is 17.5 Å². The number of aromatic amines is 1. The molecule has 0 saturated carbocycles. The number of carbonyl (C=O) groups is 2. The zero-order chi connectivity index (χ0) is 23.7. The lowest BCUT2D eigenvalue weighted by Gasteiger charge is -2.17. The number of carbonyl (C=O) groups excluding carboxylic acids is 2. The number of halogens is 6. The van der Waals surface area contributed by atoms with Crippen LogP contribution in [0.15, 0.2) is 48.7 Å². The van der Waals surface area contributed by atoms with Gasteiger partial charge < -0.3 is 16.0 Å². The summed E-state index contributed by atoms with van der Waals surface area (Å²) in [6, 6.07) is 6.83. The molecular weight excluding hydrogens is 440 g/mol. The average Bonchev–Trinajstić information content (AvgIpc) is 3.09. The highest BCUT2D eigenvalue weighted by Crippen LogP contribution is 2.36. The average molecular weight is 457 g/mol. The summed E-state index contributed by atoms with van der Waals surface area (Å²) in [6.07, 6.45) is -9.25.